The van der Waals surface area contributed by atoms with E-state index in [2.05, 4.69) is 20.7 Å². The molecule has 0 aliphatic carbocycles. The Labute approximate surface area is 97.9 Å². The number of anilines is 2. The summed E-state index contributed by atoms with van der Waals surface area (Å²) in [6.07, 6.45) is 1.60. The molecule has 2 aromatic rings. The zero-order valence-electron chi connectivity index (χ0n) is 8.92. The lowest BCUT2D eigenvalue weighted by Gasteiger charge is -2.04. The van der Waals surface area contributed by atoms with Gasteiger partial charge in [0.2, 0.25) is 0 Å². The summed E-state index contributed by atoms with van der Waals surface area (Å²) in [6.45, 7) is 0. The maximum atomic E-state index is 11.8. The maximum absolute atomic E-state index is 11.8. The molecule has 1 amide bonds. The zero-order chi connectivity index (χ0) is 12.1. The number of hydrogen-bond donors (Lipinski definition) is 3. The van der Waals surface area contributed by atoms with Gasteiger partial charge in [-0.05, 0) is 24.3 Å². The summed E-state index contributed by atoms with van der Waals surface area (Å²) < 4.78 is 0. The number of aromatic nitrogens is 2. The predicted octanol–water partition coefficient (Wildman–Crippen LogP) is 1.01. The molecule has 0 aromatic carbocycles. The molecule has 0 saturated heterocycles. The lowest BCUT2D eigenvalue weighted by molar-refractivity contribution is 0.102. The predicted molar refractivity (Wildman–Crippen MR) is 64.2 cm³/mol. The molecule has 0 spiro atoms. The van der Waals surface area contributed by atoms with Gasteiger partial charge in [-0.25, -0.2) is 15.8 Å². The molecular formula is C11H11N5O. The Kier molecular flexibility index (Phi) is 3.27. The van der Waals surface area contributed by atoms with Gasteiger partial charge in [0.05, 0.1) is 0 Å². The van der Waals surface area contributed by atoms with Crippen LogP contribution in [0.25, 0.3) is 0 Å². The van der Waals surface area contributed by atoms with Crippen molar-refractivity contribution >= 4 is 17.5 Å². The van der Waals surface area contributed by atoms with Gasteiger partial charge in [-0.1, -0.05) is 12.1 Å². The molecule has 0 unspecified atom stereocenters. The van der Waals surface area contributed by atoms with Crippen LogP contribution >= 0.6 is 0 Å². The minimum absolute atomic E-state index is 0.270. The number of pyridine rings is 2. The van der Waals surface area contributed by atoms with Gasteiger partial charge in [-0.15, -0.1) is 0 Å². The van der Waals surface area contributed by atoms with Crippen LogP contribution in [0.3, 0.4) is 0 Å². The molecule has 0 bridgehead atoms. The van der Waals surface area contributed by atoms with E-state index < -0.39 is 0 Å². The van der Waals surface area contributed by atoms with E-state index in [0.717, 1.165) is 0 Å². The van der Waals surface area contributed by atoms with Crippen LogP contribution in [0.15, 0.2) is 42.6 Å². The van der Waals surface area contributed by atoms with Crippen LogP contribution in [0.2, 0.25) is 0 Å². The quantitative estimate of drug-likeness (QED) is 0.539. The molecular weight excluding hydrogens is 218 g/mol. The van der Waals surface area contributed by atoms with E-state index in [1.165, 1.54) is 0 Å². The molecule has 0 saturated carbocycles. The Bertz CT molecular complexity index is 514. The fourth-order valence-electron chi connectivity index (χ4n) is 1.26. The first-order chi connectivity index (χ1) is 8.29. The van der Waals surface area contributed by atoms with E-state index in [9.17, 15) is 4.79 Å². The molecule has 0 atom stereocenters. The van der Waals surface area contributed by atoms with E-state index in [0.29, 0.717) is 11.6 Å². The largest absolute Gasteiger partial charge is 0.308 e. The Morgan fingerprint density at radius 2 is 1.94 bits per heavy atom. The molecule has 0 aliphatic rings. The SMILES string of the molecule is NNc1cccc(C(=O)Nc2ccccn2)n1. The molecule has 2 rings (SSSR count). The standard InChI is InChI=1S/C11H11N5O/c12-16-10-6-3-4-8(14-10)11(17)15-9-5-1-2-7-13-9/h1-7H,12H2,(H,14,16)(H,13,15,17). The number of hydrogen-bond acceptors (Lipinski definition) is 5. The third-order valence-electron chi connectivity index (χ3n) is 2.04. The summed E-state index contributed by atoms with van der Waals surface area (Å²) in [5, 5.41) is 2.63. The Balaban J connectivity index is 2.14. The Morgan fingerprint density at radius 3 is 2.65 bits per heavy atom. The van der Waals surface area contributed by atoms with Crippen LogP contribution in [0.4, 0.5) is 11.6 Å². The average Bonchev–Trinajstić information content (AvgIpc) is 2.40. The van der Waals surface area contributed by atoms with Crippen LogP contribution < -0.4 is 16.6 Å². The molecule has 17 heavy (non-hydrogen) atoms. The molecule has 2 heterocycles. The summed E-state index contributed by atoms with van der Waals surface area (Å²) in [7, 11) is 0. The Hall–Kier alpha value is -2.47. The lowest BCUT2D eigenvalue weighted by atomic mass is 10.3. The van der Waals surface area contributed by atoms with Crippen molar-refractivity contribution < 1.29 is 4.79 Å². The molecule has 0 aliphatic heterocycles. The summed E-state index contributed by atoms with van der Waals surface area (Å²) in [5.41, 5.74) is 2.65. The monoisotopic (exact) mass is 229 g/mol. The highest BCUT2D eigenvalue weighted by Gasteiger charge is 2.08. The average molecular weight is 229 g/mol. The van der Waals surface area contributed by atoms with Gasteiger partial charge in [0.15, 0.2) is 0 Å². The van der Waals surface area contributed by atoms with Crippen molar-refractivity contribution in [3.8, 4) is 0 Å². The van der Waals surface area contributed by atoms with Gasteiger partial charge < -0.3 is 10.7 Å². The highest BCUT2D eigenvalue weighted by Crippen LogP contribution is 2.06. The van der Waals surface area contributed by atoms with Crippen LogP contribution in [-0.4, -0.2) is 15.9 Å². The van der Waals surface area contributed by atoms with Crippen molar-refractivity contribution in [2.45, 2.75) is 0 Å². The molecule has 6 nitrogen and oxygen atoms in total. The fourth-order valence-corrected chi connectivity index (χ4v) is 1.26. The van der Waals surface area contributed by atoms with Crippen molar-refractivity contribution in [1.29, 1.82) is 0 Å². The highest BCUT2D eigenvalue weighted by atomic mass is 16.1. The van der Waals surface area contributed by atoms with Crippen LogP contribution in [0.5, 0.6) is 0 Å². The maximum Gasteiger partial charge on any atom is 0.275 e. The van der Waals surface area contributed by atoms with Gasteiger partial charge in [-0.2, -0.15) is 0 Å². The molecule has 4 N–H and O–H groups in total. The summed E-state index contributed by atoms with van der Waals surface area (Å²) in [4.78, 5) is 19.8. The summed E-state index contributed by atoms with van der Waals surface area (Å²) >= 11 is 0. The smallest absolute Gasteiger partial charge is 0.275 e. The third-order valence-corrected chi connectivity index (χ3v) is 2.04. The number of nitrogen functional groups attached to an aromatic ring is 1. The van der Waals surface area contributed by atoms with Crippen LogP contribution in [0.1, 0.15) is 10.5 Å². The van der Waals surface area contributed by atoms with Gasteiger partial charge in [-0.3, -0.25) is 4.79 Å². The van der Waals surface area contributed by atoms with Crippen molar-refractivity contribution in [3.63, 3.8) is 0 Å². The second kappa shape index (κ2) is 5.04. The first-order valence-corrected chi connectivity index (χ1v) is 4.95. The van der Waals surface area contributed by atoms with Crippen molar-refractivity contribution in [2.24, 2.45) is 5.84 Å². The molecule has 0 fully saturated rings. The Morgan fingerprint density at radius 1 is 1.12 bits per heavy atom. The van der Waals surface area contributed by atoms with E-state index in [1.54, 1.807) is 42.6 Å². The van der Waals surface area contributed by atoms with Crippen LogP contribution in [-0.2, 0) is 0 Å². The normalized spacial score (nSPS) is 9.71. The minimum Gasteiger partial charge on any atom is -0.308 e. The van der Waals surface area contributed by atoms with Gasteiger partial charge in [0.25, 0.3) is 5.91 Å². The van der Waals surface area contributed by atoms with E-state index in [4.69, 9.17) is 5.84 Å². The number of carbonyl (C=O) groups is 1. The van der Waals surface area contributed by atoms with E-state index >= 15 is 0 Å². The van der Waals surface area contributed by atoms with Gasteiger partial charge >= 0.3 is 0 Å². The number of hydrazine groups is 1. The van der Waals surface area contributed by atoms with Crippen LogP contribution in [0, 0.1) is 0 Å². The third kappa shape index (κ3) is 2.76. The second-order valence-corrected chi connectivity index (χ2v) is 3.22. The van der Waals surface area contributed by atoms with Crippen molar-refractivity contribution in [1.82, 2.24) is 9.97 Å². The first-order valence-electron chi connectivity index (χ1n) is 4.95. The fraction of sp³-hybridized carbons (Fsp3) is 0. The number of nitrogens with one attached hydrogen (secondary N) is 2. The van der Waals surface area contributed by atoms with E-state index in [1.807, 2.05) is 0 Å². The molecule has 2 aromatic heterocycles. The molecule has 0 radical (unpaired) electrons. The van der Waals surface area contributed by atoms with E-state index in [-0.39, 0.29) is 11.6 Å². The van der Waals surface area contributed by atoms with Crippen molar-refractivity contribution in [3.05, 3.63) is 48.3 Å². The second-order valence-electron chi connectivity index (χ2n) is 3.22. The number of nitrogens with zero attached hydrogens (tertiary/aromatic N) is 2. The topological polar surface area (TPSA) is 92.9 Å². The molecule has 6 heteroatoms. The van der Waals surface area contributed by atoms with Gasteiger partial charge in [0, 0.05) is 6.20 Å². The molecule has 86 valence electrons. The zero-order valence-corrected chi connectivity index (χ0v) is 8.92. The number of amides is 1. The number of nitrogens with two attached hydrogens (primary N) is 1. The van der Waals surface area contributed by atoms with Gasteiger partial charge in [0.1, 0.15) is 17.3 Å². The first kappa shape index (κ1) is 11.0. The highest BCUT2D eigenvalue weighted by molar-refractivity contribution is 6.02. The summed E-state index contributed by atoms with van der Waals surface area (Å²) in [5.74, 6) is 5.79. The summed E-state index contributed by atoms with van der Waals surface area (Å²) in [6, 6.07) is 10.2. The minimum atomic E-state index is -0.333. The lowest BCUT2D eigenvalue weighted by Crippen LogP contribution is -2.16. The number of rotatable bonds is 3. The van der Waals surface area contributed by atoms with Crippen molar-refractivity contribution in [2.75, 3.05) is 10.7 Å². The number of carbonyl (C=O) groups excluding carboxylic acids is 1.